The van der Waals surface area contributed by atoms with Gasteiger partial charge in [0, 0.05) is 6.08 Å². The van der Waals surface area contributed by atoms with Gasteiger partial charge in [0.05, 0.1) is 13.5 Å². The number of aromatic carboxylic acids is 1. The summed E-state index contributed by atoms with van der Waals surface area (Å²) in [4.78, 5) is 31.5. The third kappa shape index (κ3) is 4.34. The summed E-state index contributed by atoms with van der Waals surface area (Å²) in [7, 11) is 1.46. The molecule has 9 heteroatoms. The third-order valence-electron chi connectivity index (χ3n) is 4.05. The van der Waals surface area contributed by atoms with E-state index in [9.17, 15) is 14.7 Å². The molecule has 2 heterocycles. The van der Waals surface area contributed by atoms with E-state index in [2.05, 4.69) is 9.97 Å². The predicted octanol–water partition coefficient (Wildman–Crippen LogP) is 3.29. The lowest BCUT2D eigenvalue weighted by molar-refractivity contribution is 0.0689. The first-order valence-electron chi connectivity index (χ1n) is 8.53. The van der Waals surface area contributed by atoms with E-state index >= 15 is 0 Å². The number of methoxy groups -OCH3 is 1. The zero-order valence-corrected chi connectivity index (χ0v) is 15.9. The Balaban J connectivity index is 1.75. The van der Waals surface area contributed by atoms with E-state index in [-0.39, 0.29) is 41.1 Å². The van der Waals surface area contributed by atoms with Gasteiger partial charge in [0.15, 0.2) is 23.0 Å². The van der Waals surface area contributed by atoms with Crippen LogP contribution in [0.25, 0.3) is 12.2 Å². The van der Waals surface area contributed by atoms with Gasteiger partial charge in [-0.2, -0.15) is 0 Å². The van der Waals surface area contributed by atoms with Crippen molar-refractivity contribution in [1.29, 1.82) is 0 Å². The standard InChI is InChI=1S/C20H18N2O7/c1-10-18(14(24)9-17-22-19(20(25)26)11(2)29-17)21-16(28-10)7-5-12-4-6-15(27-3)13(23)8-12/h4-8,23H,9H2,1-3H3,(H,25,26)/b7-5+. The van der Waals surface area contributed by atoms with Crippen LogP contribution < -0.4 is 4.74 Å². The van der Waals surface area contributed by atoms with Crippen LogP contribution in [0, 0.1) is 13.8 Å². The van der Waals surface area contributed by atoms with Crippen molar-refractivity contribution in [2.75, 3.05) is 7.11 Å². The van der Waals surface area contributed by atoms with Crippen LogP contribution in [0.4, 0.5) is 0 Å². The maximum atomic E-state index is 12.5. The number of Topliss-reactive ketones (excluding diaryl/α,β-unsaturated/α-hetero) is 1. The molecule has 0 radical (unpaired) electrons. The second-order valence-corrected chi connectivity index (χ2v) is 6.14. The number of ether oxygens (including phenoxy) is 1. The van der Waals surface area contributed by atoms with E-state index in [4.69, 9.17) is 18.7 Å². The summed E-state index contributed by atoms with van der Waals surface area (Å²) in [6.07, 6.45) is 2.98. The topological polar surface area (TPSA) is 136 Å². The number of benzene rings is 1. The van der Waals surface area contributed by atoms with Crippen molar-refractivity contribution in [3.05, 3.63) is 58.5 Å². The number of carbonyl (C=O) groups is 2. The van der Waals surface area contributed by atoms with Gasteiger partial charge in [0.25, 0.3) is 0 Å². The molecule has 0 fully saturated rings. The summed E-state index contributed by atoms with van der Waals surface area (Å²) >= 11 is 0. The Kier molecular flexibility index (Phi) is 5.49. The highest BCUT2D eigenvalue weighted by Gasteiger charge is 2.22. The van der Waals surface area contributed by atoms with Crippen molar-refractivity contribution < 1.29 is 33.4 Å². The first-order valence-corrected chi connectivity index (χ1v) is 8.53. The fraction of sp³-hybridized carbons (Fsp3) is 0.200. The van der Waals surface area contributed by atoms with Gasteiger partial charge < -0.3 is 23.8 Å². The van der Waals surface area contributed by atoms with E-state index in [0.29, 0.717) is 17.1 Å². The molecule has 1 aromatic carbocycles. The largest absolute Gasteiger partial charge is 0.504 e. The van der Waals surface area contributed by atoms with Crippen molar-refractivity contribution in [2.24, 2.45) is 0 Å². The Morgan fingerprint density at radius 3 is 2.45 bits per heavy atom. The highest BCUT2D eigenvalue weighted by atomic mass is 16.5. The number of carboxylic acids is 1. The molecule has 0 aliphatic rings. The number of hydrogen-bond acceptors (Lipinski definition) is 8. The van der Waals surface area contributed by atoms with Gasteiger partial charge in [-0.3, -0.25) is 4.79 Å². The number of phenols is 1. The minimum atomic E-state index is -1.22. The monoisotopic (exact) mass is 398 g/mol. The van der Waals surface area contributed by atoms with Crippen LogP contribution in [-0.4, -0.2) is 39.0 Å². The Hall–Kier alpha value is -3.88. The van der Waals surface area contributed by atoms with Crippen molar-refractivity contribution in [1.82, 2.24) is 9.97 Å². The highest BCUT2D eigenvalue weighted by Crippen LogP contribution is 2.27. The van der Waals surface area contributed by atoms with E-state index < -0.39 is 11.8 Å². The number of oxazole rings is 2. The molecular formula is C20H18N2O7. The second kappa shape index (κ2) is 8.01. The molecule has 0 spiro atoms. The Morgan fingerprint density at radius 2 is 1.83 bits per heavy atom. The SMILES string of the molecule is COc1ccc(/C=C/c2nc(C(=O)Cc3nc(C(=O)O)c(C)o3)c(C)o2)cc1O. The normalized spacial score (nSPS) is 11.1. The van der Waals surface area contributed by atoms with Crippen LogP contribution in [0.15, 0.2) is 27.0 Å². The highest BCUT2D eigenvalue weighted by molar-refractivity contribution is 5.96. The van der Waals surface area contributed by atoms with Gasteiger partial charge in [0.2, 0.25) is 11.8 Å². The molecule has 0 aliphatic carbocycles. The van der Waals surface area contributed by atoms with Gasteiger partial charge >= 0.3 is 5.97 Å². The number of carbonyl (C=O) groups excluding carboxylic acids is 1. The number of ketones is 1. The number of nitrogens with zero attached hydrogens (tertiary/aromatic N) is 2. The number of aryl methyl sites for hydroxylation is 2. The van der Waals surface area contributed by atoms with Gasteiger partial charge in [-0.05, 0) is 37.6 Å². The lowest BCUT2D eigenvalue weighted by Gasteiger charge is -2.02. The van der Waals surface area contributed by atoms with Crippen molar-refractivity contribution in [3.63, 3.8) is 0 Å². The summed E-state index contributed by atoms with van der Waals surface area (Å²) in [6.45, 7) is 3.06. The predicted molar refractivity (Wildman–Crippen MR) is 101 cm³/mol. The number of carboxylic acid groups (broad SMARTS) is 1. The Labute approximate surface area is 165 Å². The fourth-order valence-corrected chi connectivity index (χ4v) is 2.67. The molecule has 29 heavy (non-hydrogen) atoms. The molecule has 3 rings (SSSR count). The molecule has 0 unspecified atom stereocenters. The minimum Gasteiger partial charge on any atom is -0.504 e. The van der Waals surface area contributed by atoms with Crippen molar-refractivity contribution in [2.45, 2.75) is 20.3 Å². The molecule has 150 valence electrons. The molecule has 0 saturated carbocycles. The Morgan fingerprint density at radius 1 is 1.10 bits per heavy atom. The van der Waals surface area contributed by atoms with Gasteiger partial charge in [0.1, 0.15) is 17.2 Å². The van der Waals surface area contributed by atoms with Gasteiger partial charge in [-0.1, -0.05) is 6.07 Å². The molecule has 9 nitrogen and oxygen atoms in total. The second-order valence-electron chi connectivity index (χ2n) is 6.14. The quantitative estimate of drug-likeness (QED) is 0.574. The van der Waals surface area contributed by atoms with Crippen LogP contribution >= 0.6 is 0 Å². The summed E-state index contributed by atoms with van der Waals surface area (Å²) in [5.74, 6) is -0.636. The van der Waals surface area contributed by atoms with E-state index in [0.717, 1.165) is 0 Å². The molecule has 0 aliphatic heterocycles. The third-order valence-corrected chi connectivity index (χ3v) is 4.05. The van der Waals surface area contributed by atoms with E-state index in [1.807, 2.05) is 0 Å². The van der Waals surface area contributed by atoms with Crippen LogP contribution in [0.5, 0.6) is 11.5 Å². The van der Waals surface area contributed by atoms with Gasteiger partial charge in [-0.15, -0.1) is 0 Å². The van der Waals surface area contributed by atoms with Crippen molar-refractivity contribution >= 4 is 23.9 Å². The molecule has 2 N–H and O–H groups in total. The number of aromatic nitrogens is 2. The van der Waals surface area contributed by atoms with Crippen molar-refractivity contribution in [3.8, 4) is 11.5 Å². The average Bonchev–Trinajstić information content (AvgIpc) is 3.22. The van der Waals surface area contributed by atoms with Gasteiger partial charge in [-0.25, -0.2) is 14.8 Å². The van der Waals surface area contributed by atoms with Crippen LogP contribution in [0.1, 0.15) is 49.8 Å². The lowest BCUT2D eigenvalue weighted by atomic mass is 10.2. The molecule has 0 saturated heterocycles. The molecule has 3 aromatic rings. The van der Waals surface area contributed by atoms with Crippen LogP contribution in [-0.2, 0) is 6.42 Å². The molecule has 0 amide bonds. The Bertz CT molecular complexity index is 1110. The molecule has 0 atom stereocenters. The number of hydrogen-bond donors (Lipinski definition) is 2. The maximum Gasteiger partial charge on any atom is 0.358 e. The first-order chi connectivity index (χ1) is 13.8. The summed E-state index contributed by atoms with van der Waals surface area (Å²) < 4.78 is 15.7. The van der Waals surface area contributed by atoms with Crippen LogP contribution in [0.2, 0.25) is 0 Å². The first kappa shape index (κ1) is 19.9. The average molecular weight is 398 g/mol. The summed E-state index contributed by atoms with van der Waals surface area (Å²) in [5, 5.41) is 18.8. The number of aromatic hydroxyl groups is 1. The number of phenolic OH excluding ortho intramolecular Hbond substituents is 1. The summed E-state index contributed by atoms with van der Waals surface area (Å²) in [6, 6.07) is 4.87. The van der Waals surface area contributed by atoms with E-state index in [1.165, 1.54) is 20.1 Å². The lowest BCUT2D eigenvalue weighted by Crippen LogP contribution is -2.06. The smallest absolute Gasteiger partial charge is 0.358 e. The molecule has 2 aromatic heterocycles. The fourth-order valence-electron chi connectivity index (χ4n) is 2.67. The maximum absolute atomic E-state index is 12.5. The van der Waals surface area contributed by atoms with Crippen LogP contribution in [0.3, 0.4) is 0 Å². The molecular weight excluding hydrogens is 380 g/mol. The zero-order valence-electron chi connectivity index (χ0n) is 15.9. The number of rotatable bonds is 7. The summed E-state index contributed by atoms with van der Waals surface area (Å²) in [5.41, 5.74) is 0.564. The molecule has 0 bridgehead atoms. The minimum absolute atomic E-state index is 0.00176. The van der Waals surface area contributed by atoms with E-state index in [1.54, 1.807) is 31.2 Å². The zero-order chi connectivity index (χ0) is 21.1.